The highest BCUT2D eigenvalue weighted by Gasteiger charge is 2.28. The number of hydrogen-bond donors (Lipinski definition) is 2. The molecule has 3 amide bonds. The van der Waals surface area contributed by atoms with Crippen molar-refractivity contribution in [2.75, 3.05) is 18.4 Å². The molecule has 0 bridgehead atoms. The van der Waals surface area contributed by atoms with E-state index in [4.69, 9.17) is 0 Å². The molecular weight excluding hydrogens is 458 g/mol. The molecule has 1 saturated heterocycles. The number of nitrogens with one attached hydrogen (secondary N) is 2. The lowest BCUT2D eigenvalue weighted by atomic mass is 9.93. The van der Waals surface area contributed by atoms with Crippen LogP contribution in [-0.2, 0) is 11.3 Å². The number of carbonyl (C=O) groups is 3. The lowest BCUT2D eigenvalue weighted by molar-refractivity contribution is -0.122. The molecule has 0 aliphatic carbocycles. The monoisotopic (exact) mass is 483 g/mol. The van der Waals surface area contributed by atoms with Gasteiger partial charge in [0, 0.05) is 30.1 Å². The first-order valence-electron chi connectivity index (χ1n) is 10.8. The van der Waals surface area contributed by atoms with Crippen LogP contribution in [0, 0.1) is 12.8 Å². The first-order valence-corrected chi connectivity index (χ1v) is 12.5. The average molecular weight is 484 g/mol. The first-order chi connectivity index (χ1) is 16.0. The topological polar surface area (TPSA) is 104 Å². The van der Waals surface area contributed by atoms with E-state index in [0.29, 0.717) is 31.7 Å². The van der Waals surface area contributed by atoms with Crippen molar-refractivity contribution in [3.63, 3.8) is 0 Å². The maximum Gasteiger partial charge on any atom is 0.286 e. The number of hydrogen-bond acceptors (Lipinski definition) is 7. The summed E-state index contributed by atoms with van der Waals surface area (Å²) in [6.45, 7) is 3.65. The average Bonchev–Trinajstić information content (AvgIpc) is 3.52. The van der Waals surface area contributed by atoms with E-state index in [9.17, 15) is 14.4 Å². The molecule has 172 valence electrons. The summed E-state index contributed by atoms with van der Waals surface area (Å²) in [7, 11) is 0. The minimum absolute atomic E-state index is 0.0431. The smallest absolute Gasteiger partial charge is 0.286 e. The second kappa shape index (κ2) is 10.7. The molecule has 2 N–H and O–H groups in total. The third-order valence-electron chi connectivity index (χ3n) is 5.53. The van der Waals surface area contributed by atoms with E-state index >= 15 is 0 Å². The number of rotatable bonds is 7. The molecule has 0 atom stereocenters. The van der Waals surface area contributed by atoms with Crippen LogP contribution in [0.1, 0.15) is 49.3 Å². The number of nitrogens with zero attached hydrogens (tertiary/aromatic N) is 3. The van der Waals surface area contributed by atoms with Gasteiger partial charge in [0.05, 0.1) is 6.54 Å². The minimum atomic E-state index is -0.386. The molecule has 1 aromatic carbocycles. The summed E-state index contributed by atoms with van der Waals surface area (Å²) in [4.78, 5) is 40.3. The fourth-order valence-corrected chi connectivity index (χ4v) is 4.98. The lowest BCUT2D eigenvalue weighted by Gasteiger charge is -2.31. The van der Waals surface area contributed by atoms with E-state index < -0.39 is 0 Å². The van der Waals surface area contributed by atoms with E-state index in [-0.39, 0.29) is 33.7 Å². The van der Waals surface area contributed by atoms with E-state index in [0.717, 1.165) is 34.6 Å². The third-order valence-corrected chi connectivity index (χ3v) is 7.31. The second-order valence-electron chi connectivity index (χ2n) is 8.03. The number of thiophene rings is 1. The molecule has 0 spiro atoms. The molecule has 1 aliphatic heterocycles. The molecule has 1 aliphatic rings. The van der Waals surface area contributed by atoms with Crippen LogP contribution >= 0.6 is 22.7 Å². The summed E-state index contributed by atoms with van der Waals surface area (Å²) in [6.07, 6.45) is 1.99. The van der Waals surface area contributed by atoms with Crippen molar-refractivity contribution in [1.29, 1.82) is 0 Å². The summed E-state index contributed by atoms with van der Waals surface area (Å²) in [5.41, 5.74) is 1.76. The molecule has 33 heavy (non-hydrogen) atoms. The van der Waals surface area contributed by atoms with Gasteiger partial charge in [0.2, 0.25) is 15.9 Å². The van der Waals surface area contributed by atoms with Gasteiger partial charge < -0.3 is 15.5 Å². The first kappa shape index (κ1) is 23.1. The van der Waals surface area contributed by atoms with E-state index in [1.165, 1.54) is 0 Å². The van der Waals surface area contributed by atoms with Crippen molar-refractivity contribution in [2.24, 2.45) is 5.92 Å². The van der Waals surface area contributed by atoms with Crippen LogP contribution in [0.25, 0.3) is 0 Å². The van der Waals surface area contributed by atoms with Crippen LogP contribution in [-0.4, -0.2) is 45.9 Å². The number of benzene rings is 1. The summed E-state index contributed by atoms with van der Waals surface area (Å²) in [6, 6.07) is 11.4. The Morgan fingerprint density at radius 3 is 2.48 bits per heavy atom. The molecule has 10 heteroatoms. The Hall–Kier alpha value is -3.11. The van der Waals surface area contributed by atoms with Crippen molar-refractivity contribution in [3.8, 4) is 0 Å². The minimum Gasteiger partial charge on any atom is -0.351 e. The predicted octanol–water partition coefficient (Wildman–Crippen LogP) is 3.72. The van der Waals surface area contributed by atoms with Gasteiger partial charge in [-0.05, 0) is 49.3 Å². The summed E-state index contributed by atoms with van der Waals surface area (Å²) in [5, 5.41) is 15.9. The second-order valence-corrected chi connectivity index (χ2v) is 10.0. The van der Waals surface area contributed by atoms with Crippen LogP contribution < -0.4 is 10.6 Å². The number of likely N-dealkylation sites (tertiary alicyclic amines) is 1. The van der Waals surface area contributed by atoms with Gasteiger partial charge in [-0.1, -0.05) is 35.1 Å². The zero-order valence-corrected chi connectivity index (χ0v) is 19.9. The fraction of sp³-hybridized carbons (Fsp3) is 0.348. The standard InChI is InChI=1S/C23H25N5O3S2/c1-15-4-6-17(7-5-15)25-20(30)21-26-27-22(33-21)23(31)28-10-8-16(9-11-28)13-19(29)24-14-18-3-2-12-32-18/h2-7,12,16H,8-11,13-14H2,1H3,(H,24,29)(H,25,30). The van der Waals surface area contributed by atoms with Crippen LogP contribution in [0.3, 0.4) is 0 Å². The SMILES string of the molecule is Cc1ccc(NC(=O)c2nnc(C(=O)N3CCC(CC(=O)NCc4cccs4)CC3)s2)cc1. The highest BCUT2D eigenvalue weighted by atomic mass is 32.1. The van der Waals surface area contributed by atoms with E-state index in [2.05, 4.69) is 20.8 Å². The predicted molar refractivity (Wildman–Crippen MR) is 128 cm³/mol. The lowest BCUT2D eigenvalue weighted by Crippen LogP contribution is -2.39. The normalized spacial score (nSPS) is 14.2. The zero-order chi connectivity index (χ0) is 23.2. The van der Waals surface area contributed by atoms with Gasteiger partial charge in [-0.25, -0.2) is 0 Å². The summed E-state index contributed by atoms with van der Waals surface area (Å²) in [5.74, 6) is -0.311. The van der Waals surface area contributed by atoms with Crippen molar-refractivity contribution in [1.82, 2.24) is 20.4 Å². The molecule has 0 saturated carbocycles. The number of piperidine rings is 1. The molecule has 3 aromatic rings. The number of aromatic nitrogens is 2. The van der Waals surface area contributed by atoms with Crippen LogP contribution in [0.4, 0.5) is 5.69 Å². The van der Waals surface area contributed by atoms with E-state index in [1.807, 2.05) is 48.7 Å². The van der Waals surface area contributed by atoms with Crippen LogP contribution in [0.15, 0.2) is 41.8 Å². The van der Waals surface area contributed by atoms with Gasteiger partial charge in [0.15, 0.2) is 0 Å². The molecular formula is C23H25N5O3S2. The maximum atomic E-state index is 12.8. The fourth-order valence-electron chi connectivity index (χ4n) is 3.63. The van der Waals surface area contributed by atoms with Gasteiger partial charge in [-0.2, -0.15) is 0 Å². The number of amides is 3. The number of aryl methyl sites for hydroxylation is 1. The highest BCUT2D eigenvalue weighted by molar-refractivity contribution is 7.15. The van der Waals surface area contributed by atoms with Crippen molar-refractivity contribution in [3.05, 3.63) is 62.2 Å². The van der Waals surface area contributed by atoms with E-state index in [1.54, 1.807) is 16.2 Å². The largest absolute Gasteiger partial charge is 0.351 e. The Morgan fingerprint density at radius 2 is 1.79 bits per heavy atom. The summed E-state index contributed by atoms with van der Waals surface area (Å²) >= 11 is 2.62. The molecule has 3 heterocycles. The van der Waals surface area contributed by atoms with Crippen molar-refractivity contribution >= 4 is 46.1 Å². The Balaban J connectivity index is 1.24. The molecule has 8 nitrogen and oxygen atoms in total. The number of anilines is 1. The van der Waals surface area contributed by atoms with Gasteiger partial charge in [-0.15, -0.1) is 21.5 Å². The molecule has 1 fully saturated rings. The molecule has 2 aromatic heterocycles. The highest BCUT2D eigenvalue weighted by Crippen LogP contribution is 2.23. The zero-order valence-electron chi connectivity index (χ0n) is 18.2. The Bertz CT molecular complexity index is 1100. The van der Waals surface area contributed by atoms with Crippen molar-refractivity contribution in [2.45, 2.75) is 32.7 Å². The quantitative estimate of drug-likeness (QED) is 0.533. The third kappa shape index (κ3) is 6.23. The molecule has 4 rings (SSSR count). The van der Waals surface area contributed by atoms with Gasteiger partial charge in [0.25, 0.3) is 11.8 Å². The Kier molecular flexibility index (Phi) is 7.46. The maximum absolute atomic E-state index is 12.8. The van der Waals surface area contributed by atoms with Crippen LogP contribution in [0.5, 0.6) is 0 Å². The number of carbonyl (C=O) groups excluding carboxylic acids is 3. The molecule has 0 unspecified atom stereocenters. The van der Waals surface area contributed by atoms with Gasteiger partial charge in [-0.3, -0.25) is 14.4 Å². The molecule has 0 radical (unpaired) electrons. The Labute approximate surface area is 200 Å². The van der Waals surface area contributed by atoms with Gasteiger partial charge >= 0.3 is 0 Å². The van der Waals surface area contributed by atoms with Crippen molar-refractivity contribution < 1.29 is 14.4 Å². The van der Waals surface area contributed by atoms with Crippen LogP contribution in [0.2, 0.25) is 0 Å². The Morgan fingerprint density at radius 1 is 1.06 bits per heavy atom. The summed E-state index contributed by atoms with van der Waals surface area (Å²) < 4.78 is 0. The van der Waals surface area contributed by atoms with Gasteiger partial charge in [0.1, 0.15) is 0 Å².